The third kappa shape index (κ3) is 8.66. The second-order valence-electron chi connectivity index (χ2n) is 14.5. The standard InChI is InChI=1S/C38H59NO5/c1-6-7-24-39(5)36(42)17-15-13-11-9-8-10-12-14-16-29-25-30-26-31(43-27(2)40)18-19-32(30)33-22-23-38(4)34(37(29)33)20-21-35(38)44-28(3)41/h18-19,26,29,33-35,37H,6-17,20-25H2,1-5H3/t29-,33-,34+,35+,37-,38+/m1/s1. The van der Waals surface area contributed by atoms with Crippen molar-refractivity contribution in [2.24, 2.45) is 23.2 Å². The van der Waals surface area contributed by atoms with Gasteiger partial charge in [-0.1, -0.05) is 71.3 Å². The second kappa shape index (κ2) is 16.3. The lowest BCUT2D eigenvalue weighted by Crippen LogP contribution is -2.48. The molecule has 6 heteroatoms. The molecule has 1 amide bonds. The molecule has 2 fully saturated rings. The summed E-state index contributed by atoms with van der Waals surface area (Å²) in [6.45, 7) is 8.46. The minimum absolute atomic E-state index is 0.0411. The molecule has 0 unspecified atom stereocenters. The molecule has 1 aromatic rings. The van der Waals surface area contributed by atoms with Crippen molar-refractivity contribution in [2.75, 3.05) is 13.6 Å². The first kappa shape index (κ1) is 34.5. The first-order valence-corrected chi connectivity index (χ1v) is 17.9. The quantitative estimate of drug-likeness (QED) is 0.106. The van der Waals surface area contributed by atoms with Gasteiger partial charge in [-0.25, -0.2) is 0 Å². The maximum atomic E-state index is 12.2. The lowest BCUT2D eigenvalue weighted by molar-refractivity contribution is -0.155. The molecule has 1 aromatic carbocycles. The highest BCUT2D eigenvalue weighted by molar-refractivity contribution is 5.75. The largest absolute Gasteiger partial charge is 0.462 e. The molecule has 6 nitrogen and oxygen atoms in total. The van der Waals surface area contributed by atoms with Crippen LogP contribution in [0.1, 0.15) is 147 Å². The van der Waals surface area contributed by atoms with Crippen molar-refractivity contribution < 1.29 is 23.9 Å². The van der Waals surface area contributed by atoms with Gasteiger partial charge in [-0.2, -0.15) is 0 Å². The van der Waals surface area contributed by atoms with E-state index in [2.05, 4.69) is 26.0 Å². The van der Waals surface area contributed by atoms with E-state index in [4.69, 9.17) is 9.47 Å². The highest BCUT2D eigenvalue weighted by atomic mass is 16.5. The van der Waals surface area contributed by atoms with Crippen molar-refractivity contribution in [3.05, 3.63) is 29.3 Å². The van der Waals surface area contributed by atoms with Crippen LogP contribution in [0, 0.1) is 23.2 Å². The van der Waals surface area contributed by atoms with Gasteiger partial charge in [0.1, 0.15) is 11.9 Å². The van der Waals surface area contributed by atoms with Gasteiger partial charge >= 0.3 is 11.9 Å². The third-order valence-electron chi connectivity index (χ3n) is 11.3. The van der Waals surface area contributed by atoms with E-state index in [1.54, 1.807) is 6.92 Å². The van der Waals surface area contributed by atoms with Crippen LogP contribution in [0.15, 0.2) is 18.2 Å². The van der Waals surface area contributed by atoms with E-state index in [9.17, 15) is 14.4 Å². The third-order valence-corrected chi connectivity index (χ3v) is 11.3. The van der Waals surface area contributed by atoms with E-state index in [1.165, 1.54) is 63.0 Å². The zero-order valence-electron chi connectivity index (χ0n) is 28.3. The van der Waals surface area contributed by atoms with Crippen LogP contribution in [0.25, 0.3) is 0 Å². The number of benzene rings is 1. The lowest BCUT2D eigenvalue weighted by Gasteiger charge is -2.53. The van der Waals surface area contributed by atoms with Gasteiger partial charge in [0.05, 0.1) is 0 Å². The molecule has 6 atom stereocenters. The van der Waals surface area contributed by atoms with Crippen LogP contribution in [0.5, 0.6) is 5.75 Å². The molecule has 0 aliphatic heterocycles. The van der Waals surface area contributed by atoms with Crippen LogP contribution >= 0.6 is 0 Å². The van der Waals surface area contributed by atoms with Crippen LogP contribution < -0.4 is 4.74 Å². The van der Waals surface area contributed by atoms with Crippen molar-refractivity contribution in [2.45, 2.75) is 149 Å². The summed E-state index contributed by atoms with van der Waals surface area (Å²) < 4.78 is 11.4. The van der Waals surface area contributed by atoms with E-state index in [0.29, 0.717) is 41.7 Å². The SMILES string of the molecule is CCCCN(C)C(=O)CCCCCCCCCC[C@@H]1Cc2cc(OC(C)=O)ccc2[C@H]2CC[C@]3(C)[C@@H](OC(C)=O)CC[C@H]3[C@H]12. The average Bonchev–Trinajstić information content (AvgIpc) is 3.31. The number of carbonyl (C=O) groups is 3. The van der Waals surface area contributed by atoms with E-state index in [-0.39, 0.29) is 23.5 Å². The molecule has 0 spiro atoms. The Balaban J connectivity index is 1.28. The number of fused-ring (bicyclic) bond motifs is 5. The predicted octanol–water partition coefficient (Wildman–Crippen LogP) is 8.79. The zero-order chi connectivity index (χ0) is 31.7. The number of hydrogen-bond acceptors (Lipinski definition) is 5. The van der Waals surface area contributed by atoms with Gasteiger partial charge in [-0.15, -0.1) is 0 Å². The fourth-order valence-electron chi connectivity index (χ4n) is 9.08. The number of esters is 2. The second-order valence-corrected chi connectivity index (χ2v) is 14.5. The average molecular weight is 610 g/mol. The van der Waals surface area contributed by atoms with E-state index in [1.807, 2.05) is 18.0 Å². The number of nitrogens with zero attached hydrogens (tertiary/aromatic N) is 1. The number of ether oxygens (including phenoxy) is 2. The van der Waals surface area contributed by atoms with Gasteiger partial charge in [0, 0.05) is 39.3 Å². The van der Waals surface area contributed by atoms with Gasteiger partial charge in [-0.3, -0.25) is 14.4 Å². The monoisotopic (exact) mass is 609 g/mol. The van der Waals surface area contributed by atoms with E-state index >= 15 is 0 Å². The topological polar surface area (TPSA) is 72.9 Å². The summed E-state index contributed by atoms with van der Waals surface area (Å²) in [5, 5.41) is 0. The first-order chi connectivity index (χ1) is 21.1. The van der Waals surface area contributed by atoms with Crippen LogP contribution in [0.4, 0.5) is 0 Å². The molecule has 246 valence electrons. The summed E-state index contributed by atoms with van der Waals surface area (Å²) in [5.41, 5.74) is 2.88. The maximum absolute atomic E-state index is 12.2. The summed E-state index contributed by atoms with van der Waals surface area (Å²) in [4.78, 5) is 37.7. The van der Waals surface area contributed by atoms with E-state index < -0.39 is 0 Å². The Morgan fingerprint density at radius 2 is 1.61 bits per heavy atom. The van der Waals surface area contributed by atoms with Crippen molar-refractivity contribution in [3.63, 3.8) is 0 Å². The van der Waals surface area contributed by atoms with Crippen LogP contribution in [0.2, 0.25) is 0 Å². The van der Waals surface area contributed by atoms with E-state index in [0.717, 1.165) is 64.3 Å². The number of unbranched alkanes of at least 4 members (excludes halogenated alkanes) is 8. The Hall–Kier alpha value is -2.37. The number of rotatable bonds is 16. The normalized spacial score (nSPS) is 27.2. The summed E-state index contributed by atoms with van der Waals surface area (Å²) in [6, 6.07) is 6.33. The fourth-order valence-corrected chi connectivity index (χ4v) is 9.08. The van der Waals surface area contributed by atoms with Crippen molar-refractivity contribution >= 4 is 17.8 Å². The van der Waals surface area contributed by atoms with Gasteiger partial charge in [0.25, 0.3) is 0 Å². The first-order valence-electron chi connectivity index (χ1n) is 17.9. The number of hydrogen-bond donors (Lipinski definition) is 0. The molecule has 0 radical (unpaired) electrons. The summed E-state index contributed by atoms with van der Waals surface area (Å²) >= 11 is 0. The molecule has 0 aromatic heterocycles. The predicted molar refractivity (Wildman–Crippen MR) is 176 cm³/mol. The Labute approximate surface area is 267 Å². The molecule has 2 saturated carbocycles. The highest BCUT2D eigenvalue weighted by Crippen LogP contribution is 2.63. The van der Waals surface area contributed by atoms with Crippen LogP contribution in [0.3, 0.4) is 0 Å². The lowest BCUT2D eigenvalue weighted by atomic mass is 9.52. The molecule has 3 aliphatic carbocycles. The van der Waals surface area contributed by atoms with Crippen LogP contribution in [-0.4, -0.2) is 42.4 Å². The van der Waals surface area contributed by atoms with Crippen molar-refractivity contribution in [3.8, 4) is 5.75 Å². The highest BCUT2D eigenvalue weighted by Gasteiger charge is 2.58. The summed E-state index contributed by atoms with van der Waals surface area (Å²) in [5.74, 6) is 2.88. The molecule has 44 heavy (non-hydrogen) atoms. The van der Waals surface area contributed by atoms with Gasteiger partial charge in [-0.05, 0) is 98.3 Å². The molecule has 3 aliphatic rings. The Morgan fingerprint density at radius 1 is 0.909 bits per heavy atom. The molecular formula is C38H59NO5. The minimum atomic E-state index is -0.269. The van der Waals surface area contributed by atoms with Crippen molar-refractivity contribution in [1.82, 2.24) is 4.90 Å². The van der Waals surface area contributed by atoms with Crippen LogP contribution in [-0.2, 0) is 25.5 Å². The molecular weight excluding hydrogens is 550 g/mol. The number of amides is 1. The van der Waals surface area contributed by atoms with Gasteiger partial charge in [0.15, 0.2) is 0 Å². The molecule has 0 N–H and O–H groups in total. The molecule has 0 bridgehead atoms. The molecule has 0 saturated heterocycles. The summed E-state index contributed by atoms with van der Waals surface area (Å²) in [7, 11) is 1.94. The smallest absolute Gasteiger partial charge is 0.308 e. The minimum Gasteiger partial charge on any atom is -0.462 e. The Morgan fingerprint density at radius 3 is 2.30 bits per heavy atom. The fraction of sp³-hybridized carbons (Fsp3) is 0.763. The molecule has 0 heterocycles. The Bertz CT molecular complexity index is 1120. The van der Waals surface area contributed by atoms with Gasteiger partial charge < -0.3 is 14.4 Å². The van der Waals surface area contributed by atoms with Crippen molar-refractivity contribution in [1.29, 1.82) is 0 Å². The Kier molecular flexibility index (Phi) is 12.8. The summed E-state index contributed by atoms with van der Waals surface area (Å²) in [6.07, 6.45) is 19.3. The van der Waals surface area contributed by atoms with Gasteiger partial charge in [0.2, 0.25) is 5.91 Å². The maximum Gasteiger partial charge on any atom is 0.308 e. The number of carbonyl (C=O) groups excluding carboxylic acids is 3. The molecule has 4 rings (SSSR count). The zero-order valence-corrected chi connectivity index (χ0v) is 28.3.